The fourth-order valence-electron chi connectivity index (χ4n) is 2.38. The van der Waals surface area contributed by atoms with Crippen molar-refractivity contribution in [3.63, 3.8) is 0 Å². The summed E-state index contributed by atoms with van der Waals surface area (Å²) in [6.07, 6.45) is 2.00. The standard InChI is InChI=1S/C18H21ClN2O3S/c1-4-13-5-7-14(8-6-13)12(2)20-18(22)16-11-15(9-10-17(16)19)21-25(3,23)24/h5-12,21H,4H2,1-3H3,(H,20,22)/t12-/m0/s1. The Labute approximate surface area is 153 Å². The van der Waals surface area contributed by atoms with Crippen molar-refractivity contribution in [1.29, 1.82) is 0 Å². The third-order valence-corrected chi connectivity index (χ3v) is 4.69. The van der Waals surface area contributed by atoms with Crippen LogP contribution < -0.4 is 10.0 Å². The Morgan fingerprint density at radius 1 is 1.16 bits per heavy atom. The molecule has 5 nitrogen and oxygen atoms in total. The lowest BCUT2D eigenvalue weighted by atomic mass is 10.0. The average Bonchev–Trinajstić information content (AvgIpc) is 2.55. The highest BCUT2D eigenvalue weighted by atomic mass is 35.5. The number of anilines is 1. The van der Waals surface area contributed by atoms with Crippen molar-refractivity contribution in [3.8, 4) is 0 Å². The van der Waals surface area contributed by atoms with Gasteiger partial charge >= 0.3 is 0 Å². The van der Waals surface area contributed by atoms with Crippen LogP contribution in [0, 0.1) is 0 Å². The van der Waals surface area contributed by atoms with Gasteiger partial charge in [0.25, 0.3) is 5.91 Å². The van der Waals surface area contributed by atoms with E-state index in [2.05, 4.69) is 17.0 Å². The number of benzene rings is 2. The van der Waals surface area contributed by atoms with Crippen molar-refractivity contribution < 1.29 is 13.2 Å². The first-order chi connectivity index (χ1) is 11.7. The van der Waals surface area contributed by atoms with E-state index in [4.69, 9.17) is 11.6 Å². The summed E-state index contributed by atoms with van der Waals surface area (Å²) in [5.41, 5.74) is 2.71. The Kier molecular flexibility index (Phi) is 6.08. The Hall–Kier alpha value is -2.05. The van der Waals surface area contributed by atoms with Gasteiger partial charge in [0, 0.05) is 5.69 Å². The van der Waals surface area contributed by atoms with Crippen LogP contribution in [0.25, 0.3) is 0 Å². The predicted molar refractivity (Wildman–Crippen MR) is 102 cm³/mol. The van der Waals surface area contributed by atoms with Gasteiger partial charge in [0.15, 0.2) is 0 Å². The molecule has 2 N–H and O–H groups in total. The molecule has 2 aromatic rings. The molecule has 25 heavy (non-hydrogen) atoms. The molecule has 2 rings (SSSR count). The Balaban J connectivity index is 2.17. The first kappa shape index (κ1) is 19.3. The number of hydrogen-bond acceptors (Lipinski definition) is 3. The van der Waals surface area contributed by atoms with E-state index in [1.807, 2.05) is 31.2 Å². The van der Waals surface area contributed by atoms with E-state index in [0.29, 0.717) is 0 Å². The van der Waals surface area contributed by atoms with Gasteiger partial charge in [-0.1, -0.05) is 42.8 Å². The summed E-state index contributed by atoms with van der Waals surface area (Å²) in [5.74, 6) is -0.366. The maximum Gasteiger partial charge on any atom is 0.253 e. The molecule has 0 bridgehead atoms. The number of hydrogen-bond donors (Lipinski definition) is 2. The van der Waals surface area contributed by atoms with E-state index in [9.17, 15) is 13.2 Å². The molecule has 0 aliphatic heterocycles. The average molecular weight is 381 g/mol. The summed E-state index contributed by atoms with van der Waals surface area (Å²) in [7, 11) is -3.43. The Morgan fingerprint density at radius 3 is 2.36 bits per heavy atom. The highest BCUT2D eigenvalue weighted by Gasteiger charge is 2.16. The SMILES string of the molecule is CCc1ccc([C@H](C)NC(=O)c2cc(NS(C)(=O)=O)ccc2Cl)cc1. The molecule has 0 spiro atoms. The lowest BCUT2D eigenvalue weighted by Crippen LogP contribution is -2.27. The minimum Gasteiger partial charge on any atom is -0.345 e. The maximum absolute atomic E-state index is 12.5. The molecule has 0 aromatic heterocycles. The summed E-state index contributed by atoms with van der Waals surface area (Å²) >= 11 is 6.09. The van der Waals surface area contributed by atoms with Gasteiger partial charge in [-0.3, -0.25) is 9.52 Å². The molecule has 0 heterocycles. The molecule has 0 fully saturated rings. The van der Waals surface area contributed by atoms with Crippen LogP contribution in [-0.4, -0.2) is 20.6 Å². The molecule has 1 amide bonds. The second kappa shape index (κ2) is 7.89. The van der Waals surface area contributed by atoms with Crippen LogP contribution in [0.4, 0.5) is 5.69 Å². The molecule has 0 aliphatic rings. The second-order valence-corrected chi connectivity index (χ2v) is 8.01. The van der Waals surface area contributed by atoms with Gasteiger partial charge < -0.3 is 5.32 Å². The number of sulfonamides is 1. The summed E-state index contributed by atoms with van der Waals surface area (Å²) in [5, 5.41) is 3.13. The highest BCUT2D eigenvalue weighted by Crippen LogP contribution is 2.22. The molecule has 0 saturated carbocycles. The van der Waals surface area contributed by atoms with E-state index >= 15 is 0 Å². The van der Waals surface area contributed by atoms with Gasteiger partial charge in [-0.15, -0.1) is 0 Å². The molecule has 1 atom stereocenters. The highest BCUT2D eigenvalue weighted by molar-refractivity contribution is 7.92. The van der Waals surface area contributed by atoms with Gasteiger partial charge in [0.05, 0.1) is 22.9 Å². The minimum atomic E-state index is -3.43. The number of aryl methyl sites for hydroxylation is 1. The van der Waals surface area contributed by atoms with E-state index < -0.39 is 10.0 Å². The molecule has 0 saturated heterocycles. The minimum absolute atomic E-state index is 0.207. The number of nitrogens with one attached hydrogen (secondary N) is 2. The molecule has 0 aliphatic carbocycles. The van der Waals surface area contributed by atoms with Crippen LogP contribution in [-0.2, 0) is 16.4 Å². The van der Waals surface area contributed by atoms with Crippen LogP contribution in [0.15, 0.2) is 42.5 Å². The fourth-order valence-corrected chi connectivity index (χ4v) is 3.14. The Morgan fingerprint density at radius 2 is 1.80 bits per heavy atom. The van der Waals surface area contributed by atoms with E-state index in [-0.39, 0.29) is 28.2 Å². The molecule has 7 heteroatoms. The molecular weight excluding hydrogens is 360 g/mol. The largest absolute Gasteiger partial charge is 0.345 e. The van der Waals surface area contributed by atoms with Crippen molar-refractivity contribution in [2.45, 2.75) is 26.3 Å². The van der Waals surface area contributed by atoms with E-state index in [1.165, 1.54) is 23.8 Å². The van der Waals surface area contributed by atoms with Gasteiger partial charge in [-0.25, -0.2) is 8.42 Å². The lowest BCUT2D eigenvalue weighted by Gasteiger charge is -2.16. The van der Waals surface area contributed by atoms with Gasteiger partial charge in [-0.05, 0) is 42.7 Å². The van der Waals surface area contributed by atoms with Gasteiger partial charge in [0.2, 0.25) is 10.0 Å². The predicted octanol–water partition coefficient (Wildman–Crippen LogP) is 3.76. The monoisotopic (exact) mass is 380 g/mol. The van der Waals surface area contributed by atoms with Gasteiger partial charge in [0.1, 0.15) is 0 Å². The molecule has 0 radical (unpaired) electrons. The fraction of sp³-hybridized carbons (Fsp3) is 0.278. The quantitative estimate of drug-likeness (QED) is 0.801. The zero-order valence-electron chi connectivity index (χ0n) is 14.3. The van der Waals surface area contributed by atoms with E-state index in [0.717, 1.165) is 18.2 Å². The maximum atomic E-state index is 12.5. The molecule has 134 valence electrons. The first-order valence-electron chi connectivity index (χ1n) is 7.86. The number of halogens is 1. The van der Waals surface area contributed by atoms with Crippen LogP contribution in [0.5, 0.6) is 0 Å². The van der Waals surface area contributed by atoms with Crippen LogP contribution in [0.3, 0.4) is 0 Å². The van der Waals surface area contributed by atoms with Crippen molar-refractivity contribution >= 4 is 33.2 Å². The van der Waals surface area contributed by atoms with E-state index in [1.54, 1.807) is 0 Å². The topological polar surface area (TPSA) is 75.3 Å². The summed E-state index contributed by atoms with van der Waals surface area (Å²) in [6.45, 7) is 3.96. The van der Waals surface area contributed by atoms with Crippen molar-refractivity contribution in [3.05, 3.63) is 64.2 Å². The van der Waals surface area contributed by atoms with Crippen molar-refractivity contribution in [2.75, 3.05) is 11.0 Å². The van der Waals surface area contributed by atoms with Crippen LogP contribution in [0.2, 0.25) is 5.02 Å². The smallest absolute Gasteiger partial charge is 0.253 e. The van der Waals surface area contributed by atoms with Crippen LogP contribution in [0.1, 0.15) is 41.4 Å². The molecular formula is C18H21ClN2O3S. The summed E-state index contributed by atoms with van der Waals surface area (Å²) < 4.78 is 25.0. The molecule has 0 unspecified atom stereocenters. The zero-order chi connectivity index (χ0) is 18.6. The molecule has 2 aromatic carbocycles. The summed E-state index contributed by atoms with van der Waals surface area (Å²) in [6, 6.07) is 12.2. The normalized spacial score (nSPS) is 12.5. The third-order valence-electron chi connectivity index (χ3n) is 3.75. The first-order valence-corrected chi connectivity index (χ1v) is 10.1. The third kappa shape index (κ3) is 5.47. The second-order valence-electron chi connectivity index (χ2n) is 5.86. The number of amides is 1. The number of rotatable bonds is 6. The number of carbonyl (C=O) groups is 1. The van der Waals surface area contributed by atoms with Gasteiger partial charge in [-0.2, -0.15) is 0 Å². The van der Waals surface area contributed by atoms with Crippen LogP contribution >= 0.6 is 11.6 Å². The zero-order valence-corrected chi connectivity index (χ0v) is 15.9. The summed E-state index contributed by atoms with van der Waals surface area (Å²) in [4.78, 5) is 12.5. The van der Waals surface area contributed by atoms with Crippen molar-refractivity contribution in [2.24, 2.45) is 0 Å². The van der Waals surface area contributed by atoms with Crippen molar-refractivity contribution in [1.82, 2.24) is 5.32 Å². The Bertz CT molecular complexity index is 864. The lowest BCUT2D eigenvalue weighted by molar-refractivity contribution is 0.0940. The number of carbonyl (C=O) groups excluding carboxylic acids is 1.